The molecule has 3 rings (SSSR count). The number of nitrogens with zero attached hydrogens (tertiary/aromatic N) is 1. The summed E-state index contributed by atoms with van der Waals surface area (Å²) < 4.78 is 18.3. The van der Waals surface area contributed by atoms with Gasteiger partial charge in [0.05, 0.1) is 13.7 Å². The number of benzene rings is 2. The molecule has 0 amide bonds. The van der Waals surface area contributed by atoms with Crippen LogP contribution in [0.15, 0.2) is 42.5 Å². The van der Waals surface area contributed by atoms with Crippen molar-refractivity contribution in [2.75, 3.05) is 12.0 Å². The van der Waals surface area contributed by atoms with Crippen LogP contribution in [-0.2, 0) is 6.54 Å². The topological polar surface area (TPSA) is 36.3 Å². The molecule has 96 valence electrons. The van der Waals surface area contributed by atoms with Crippen LogP contribution in [0, 0.1) is 11.2 Å². The molecule has 0 saturated carbocycles. The van der Waals surface area contributed by atoms with Crippen LogP contribution in [0.2, 0.25) is 0 Å². The van der Waals surface area contributed by atoms with Gasteiger partial charge in [0.25, 0.3) is 0 Å². The molecule has 1 aliphatic rings. The third-order valence-corrected chi connectivity index (χ3v) is 3.31. The monoisotopic (exact) mass is 256 g/mol. The second kappa shape index (κ2) is 4.39. The largest absolute Gasteiger partial charge is 0.497 e. The van der Waals surface area contributed by atoms with Gasteiger partial charge in [0, 0.05) is 11.3 Å². The van der Waals surface area contributed by atoms with Gasteiger partial charge in [-0.25, -0.2) is 4.39 Å². The minimum atomic E-state index is -0.305. The van der Waals surface area contributed by atoms with Gasteiger partial charge in [-0.05, 0) is 42.0 Å². The minimum Gasteiger partial charge on any atom is -0.497 e. The molecule has 0 unspecified atom stereocenters. The van der Waals surface area contributed by atoms with E-state index < -0.39 is 0 Å². The molecular weight excluding hydrogens is 243 g/mol. The van der Waals surface area contributed by atoms with Crippen LogP contribution < -0.4 is 9.64 Å². The Morgan fingerprint density at radius 2 is 1.89 bits per heavy atom. The molecule has 0 fully saturated rings. The highest BCUT2D eigenvalue weighted by Gasteiger charge is 2.25. The number of halogens is 1. The predicted molar refractivity (Wildman–Crippen MR) is 72.4 cm³/mol. The van der Waals surface area contributed by atoms with E-state index in [4.69, 9.17) is 10.1 Å². The zero-order valence-corrected chi connectivity index (χ0v) is 10.5. The predicted octanol–water partition coefficient (Wildman–Crippen LogP) is 3.18. The fourth-order valence-corrected chi connectivity index (χ4v) is 2.28. The highest BCUT2D eigenvalue weighted by molar-refractivity contribution is 6.11. The van der Waals surface area contributed by atoms with Gasteiger partial charge >= 0.3 is 0 Å². The lowest BCUT2D eigenvalue weighted by Crippen LogP contribution is -2.22. The first-order valence-electron chi connectivity index (χ1n) is 5.98. The number of rotatable bonds is 2. The summed E-state index contributed by atoms with van der Waals surface area (Å²) >= 11 is 0. The molecule has 0 aliphatic carbocycles. The first kappa shape index (κ1) is 11.7. The summed E-state index contributed by atoms with van der Waals surface area (Å²) in [6, 6.07) is 12.1. The maximum atomic E-state index is 13.2. The first-order valence-corrected chi connectivity index (χ1v) is 5.98. The van der Waals surface area contributed by atoms with Gasteiger partial charge in [-0.3, -0.25) is 5.41 Å². The van der Waals surface area contributed by atoms with E-state index in [1.165, 1.54) is 12.1 Å². The number of fused-ring (bicyclic) bond motifs is 1. The van der Waals surface area contributed by atoms with Crippen molar-refractivity contribution in [2.45, 2.75) is 6.54 Å². The summed E-state index contributed by atoms with van der Waals surface area (Å²) in [5.41, 5.74) is 2.54. The van der Waals surface area contributed by atoms with Crippen LogP contribution in [0.25, 0.3) is 0 Å². The molecule has 0 radical (unpaired) electrons. The number of ether oxygens (including phenoxy) is 1. The van der Waals surface area contributed by atoms with Gasteiger partial charge in [-0.15, -0.1) is 0 Å². The van der Waals surface area contributed by atoms with E-state index in [-0.39, 0.29) is 5.82 Å². The van der Waals surface area contributed by atoms with Gasteiger partial charge in [0.15, 0.2) is 0 Å². The van der Waals surface area contributed by atoms with Crippen molar-refractivity contribution in [3.63, 3.8) is 0 Å². The minimum absolute atomic E-state index is 0.305. The Labute approximate surface area is 110 Å². The summed E-state index contributed by atoms with van der Waals surface area (Å²) in [5, 5.41) is 8.15. The molecule has 0 saturated heterocycles. The zero-order chi connectivity index (χ0) is 13.4. The Morgan fingerprint density at radius 1 is 1.16 bits per heavy atom. The average molecular weight is 256 g/mol. The standard InChI is InChI=1S/C15H13FN2O/c1-19-13-6-4-12(5-7-13)18-9-10-2-3-11(16)8-14(10)15(18)17/h2-8,17H,9H2,1H3. The number of hydrogen-bond donors (Lipinski definition) is 1. The molecule has 2 aromatic carbocycles. The smallest absolute Gasteiger partial charge is 0.133 e. The summed E-state index contributed by atoms with van der Waals surface area (Å²) in [6.07, 6.45) is 0. The quantitative estimate of drug-likeness (QED) is 0.895. The second-order valence-electron chi connectivity index (χ2n) is 4.43. The van der Waals surface area contributed by atoms with Crippen LogP contribution >= 0.6 is 0 Å². The molecule has 1 aliphatic heterocycles. The zero-order valence-electron chi connectivity index (χ0n) is 10.5. The number of hydrogen-bond acceptors (Lipinski definition) is 2. The number of methoxy groups -OCH3 is 1. The summed E-state index contributed by atoms with van der Waals surface area (Å²) in [6.45, 7) is 0.598. The normalized spacial score (nSPS) is 13.6. The van der Waals surface area contributed by atoms with Crippen molar-refractivity contribution in [1.82, 2.24) is 0 Å². The highest BCUT2D eigenvalue weighted by Crippen LogP contribution is 2.29. The molecule has 3 nitrogen and oxygen atoms in total. The van der Waals surface area contributed by atoms with Gasteiger partial charge in [0.2, 0.25) is 0 Å². The van der Waals surface area contributed by atoms with Crippen LogP contribution in [-0.4, -0.2) is 12.9 Å². The molecule has 1 heterocycles. The lowest BCUT2D eigenvalue weighted by atomic mass is 10.1. The fraction of sp³-hybridized carbons (Fsp3) is 0.133. The van der Waals surface area contributed by atoms with Crippen LogP contribution in [0.4, 0.5) is 10.1 Å². The number of amidine groups is 1. The van der Waals surface area contributed by atoms with Crippen molar-refractivity contribution >= 4 is 11.5 Å². The molecule has 19 heavy (non-hydrogen) atoms. The number of nitrogens with one attached hydrogen (secondary N) is 1. The maximum absolute atomic E-state index is 13.2. The van der Waals surface area contributed by atoms with Gasteiger partial charge in [0.1, 0.15) is 17.4 Å². The lowest BCUT2D eigenvalue weighted by Gasteiger charge is -2.18. The van der Waals surface area contributed by atoms with Gasteiger partial charge < -0.3 is 9.64 Å². The Balaban J connectivity index is 1.94. The molecule has 0 atom stereocenters. The Kier molecular flexibility index (Phi) is 2.71. The Hall–Kier alpha value is -2.36. The van der Waals surface area contributed by atoms with Crippen LogP contribution in [0.1, 0.15) is 11.1 Å². The van der Waals surface area contributed by atoms with Crippen molar-refractivity contribution in [2.24, 2.45) is 0 Å². The molecule has 2 aromatic rings. The average Bonchev–Trinajstić information content (AvgIpc) is 2.76. The van der Waals surface area contributed by atoms with Crippen molar-refractivity contribution in [3.05, 3.63) is 59.4 Å². The third-order valence-electron chi connectivity index (χ3n) is 3.31. The van der Waals surface area contributed by atoms with Gasteiger partial charge in [-0.1, -0.05) is 6.07 Å². The molecule has 0 spiro atoms. The van der Waals surface area contributed by atoms with E-state index in [0.29, 0.717) is 17.9 Å². The molecular formula is C15H13FN2O. The third kappa shape index (κ3) is 1.95. The molecule has 0 bridgehead atoms. The Morgan fingerprint density at radius 3 is 2.58 bits per heavy atom. The van der Waals surface area contributed by atoms with E-state index in [2.05, 4.69) is 0 Å². The van der Waals surface area contributed by atoms with Crippen molar-refractivity contribution < 1.29 is 9.13 Å². The summed E-state index contributed by atoms with van der Waals surface area (Å²) in [7, 11) is 1.62. The van der Waals surface area contributed by atoms with Crippen molar-refractivity contribution in [3.8, 4) is 5.75 Å². The van der Waals surface area contributed by atoms with E-state index >= 15 is 0 Å². The van der Waals surface area contributed by atoms with E-state index in [0.717, 1.165) is 17.0 Å². The highest BCUT2D eigenvalue weighted by atomic mass is 19.1. The van der Waals surface area contributed by atoms with Crippen LogP contribution in [0.5, 0.6) is 5.75 Å². The van der Waals surface area contributed by atoms with Crippen LogP contribution in [0.3, 0.4) is 0 Å². The van der Waals surface area contributed by atoms with Gasteiger partial charge in [-0.2, -0.15) is 0 Å². The summed E-state index contributed by atoms with van der Waals surface area (Å²) in [5.74, 6) is 0.804. The van der Waals surface area contributed by atoms with E-state index in [1.807, 2.05) is 29.2 Å². The maximum Gasteiger partial charge on any atom is 0.133 e. The number of anilines is 1. The summed E-state index contributed by atoms with van der Waals surface area (Å²) in [4.78, 5) is 1.85. The molecule has 0 aromatic heterocycles. The second-order valence-corrected chi connectivity index (χ2v) is 4.43. The first-order chi connectivity index (χ1) is 9.19. The SMILES string of the molecule is COc1ccc(N2Cc3ccc(F)cc3C2=N)cc1. The Bertz CT molecular complexity index is 637. The van der Waals surface area contributed by atoms with Crippen molar-refractivity contribution in [1.29, 1.82) is 5.41 Å². The van der Waals surface area contributed by atoms with E-state index in [1.54, 1.807) is 13.2 Å². The molecule has 1 N–H and O–H groups in total. The molecule has 4 heteroatoms. The lowest BCUT2D eigenvalue weighted by molar-refractivity contribution is 0.415. The van der Waals surface area contributed by atoms with E-state index in [9.17, 15) is 4.39 Å². The fourth-order valence-electron chi connectivity index (χ4n) is 2.28.